The summed E-state index contributed by atoms with van der Waals surface area (Å²) in [5.74, 6) is -1.69. The van der Waals surface area contributed by atoms with Crippen molar-refractivity contribution < 1.29 is 31.1 Å². The summed E-state index contributed by atoms with van der Waals surface area (Å²) < 4.78 is 66.1. The number of sulfonamides is 1. The van der Waals surface area contributed by atoms with Gasteiger partial charge in [0.1, 0.15) is 5.82 Å². The van der Waals surface area contributed by atoms with E-state index in [1.54, 1.807) is 18.2 Å². The Morgan fingerprint density at radius 3 is 2.41 bits per heavy atom. The molecular weight excluding hydrogens is 519 g/mol. The van der Waals surface area contributed by atoms with Crippen molar-refractivity contribution in [2.75, 3.05) is 16.7 Å². The zero-order chi connectivity index (χ0) is 27.0. The average molecular weight is 545 g/mol. The molecule has 0 fully saturated rings. The number of nitrogens with zero attached hydrogens (tertiary/aromatic N) is 1. The molecule has 11 heteroatoms. The molecule has 1 amide bonds. The number of carbonyl (C=O) groups excluding carboxylic acids is 1. The minimum atomic E-state index is -4.05. The number of anilines is 1. The molecule has 8 nitrogen and oxygen atoms in total. The fraction of sp³-hybridized carbons (Fsp3) is 0.192. The van der Waals surface area contributed by atoms with Crippen LogP contribution >= 0.6 is 0 Å². The van der Waals surface area contributed by atoms with Crippen LogP contribution in [0.3, 0.4) is 0 Å². The number of hydrogen-bond donors (Lipinski definition) is 2. The Hall–Kier alpha value is -3.54. The van der Waals surface area contributed by atoms with Crippen LogP contribution in [0.15, 0.2) is 76.7 Å². The third kappa shape index (κ3) is 5.15. The number of aliphatic hydroxyl groups is 1. The van der Waals surface area contributed by atoms with E-state index in [9.17, 15) is 26.7 Å². The SMILES string of the molecule is CCS(=O)(=O)c1ccc(C(CO)NC(=O)c2ccc(N3C=Cc4cc(C)ccc4S3(=O)=O)c(F)c2)cc1. The average Bonchev–Trinajstić information content (AvgIpc) is 2.87. The molecule has 3 aromatic carbocycles. The number of carbonyl (C=O) groups is 1. The largest absolute Gasteiger partial charge is 0.394 e. The monoisotopic (exact) mass is 544 g/mol. The van der Waals surface area contributed by atoms with Crippen LogP contribution in [0, 0.1) is 12.7 Å². The zero-order valence-corrected chi connectivity index (χ0v) is 21.7. The lowest BCUT2D eigenvalue weighted by atomic mass is 10.1. The van der Waals surface area contributed by atoms with Gasteiger partial charge < -0.3 is 10.4 Å². The number of hydrogen-bond acceptors (Lipinski definition) is 6. The number of amides is 1. The summed E-state index contributed by atoms with van der Waals surface area (Å²) in [6.07, 6.45) is 2.84. The minimum Gasteiger partial charge on any atom is -0.394 e. The van der Waals surface area contributed by atoms with Crippen LogP contribution < -0.4 is 9.62 Å². The number of aryl methyl sites for hydroxylation is 1. The van der Waals surface area contributed by atoms with E-state index in [4.69, 9.17) is 0 Å². The molecule has 0 bridgehead atoms. The molecule has 1 unspecified atom stereocenters. The summed E-state index contributed by atoms with van der Waals surface area (Å²) >= 11 is 0. The van der Waals surface area contributed by atoms with Crippen LogP contribution in [0.2, 0.25) is 0 Å². The van der Waals surface area contributed by atoms with Gasteiger partial charge in [0.2, 0.25) is 0 Å². The van der Waals surface area contributed by atoms with Gasteiger partial charge in [-0.25, -0.2) is 25.5 Å². The van der Waals surface area contributed by atoms with Crippen LogP contribution in [0.5, 0.6) is 0 Å². The van der Waals surface area contributed by atoms with Crippen molar-refractivity contribution in [3.63, 3.8) is 0 Å². The summed E-state index contributed by atoms with van der Waals surface area (Å²) in [6.45, 7) is 2.88. The highest BCUT2D eigenvalue weighted by atomic mass is 32.2. The van der Waals surface area contributed by atoms with Gasteiger partial charge in [-0.1, -0.05) is 36.8 Å². The van der Waals surface area contributed by atoms with Crippen molar-refractivity contribution in [3.8, 4) is 0 Å². The molecule has 0 saturated heterocycles. The van der Waals surface area contributed by atoms with E-state index in [-0.39, 0.29) is 26.8 Å². The van der Waals surface area contributed by atoms with Gasteiger partial charge >= 0.3 is 0 Å². The molecule has 1 aliphatic rings. The number of aliphatic hydroxyl groups excluding tert-OH is 1. The second-order valence-corrected chi connectivity index (χ2v) is 12.6. The summed E-state index contributed by atoms with van der Waals surface area (Å²) in [5, 5.41) is 12.4. The number of fused-ring (bicyclic) bond motifs is 1. The first-order chi connectivity index (χ1) is 17.5. The Kier molecular flexibility index (Phi) is 7.22. The lowest BCUT2D eigenvalue weighted by molar-refractivity contribution is 0.0915. The molecule has 1 aliphatic heterocycles. The van der Waals surface area contributed by atoms with Gasteiger partial charge in [-0.05, 0) is 60.5 Å². The first kappa shape index (κ1) is 26.5. The third-order valence-electron chi connectivity index (χ3n) is 6.05. The van der Waals surface area contributed by atoms with Gasteiger partial charge in [0.05, 0.1) is 33.9 Å². The second kappa shape index (κ2) is 10.1. The normalized spacial score (nSPS) is 15.2. The Bertz CT molecular complexity index is 1600. The molecule has 37 heavy (non-hydrogen) atoms. The topological polar surface area (TPSA) is 121 Å². The standard InChI is InChI=1S/C26H25FN2O6S2/c1-3-36(32,33)21-8-5-18(6-9-21)23(16-30)28-26(31)20-7-10-24(22(27)15-20)29-13-12-19-14-17(2)4-11-25(19)37(29,34)35/h4-15,23,30H,3,16H2,1-2H3,(H,28,31). The molecule has 0 aromatic heterocycles. The van der Waals surface area contributed by atoms with Crippen molar-refractivity contribution in [1.82, 2.24) is 5.32 Å². The molecule has 1 heterocycles. The molecule has 3 aromatic rings. The van der Waals surface area contributed by atoms with Crippen LogP contribution in [0.25, 0.3) is 6.08 Å². The molecule has 1 atom stereocenters. The van der Waals surface area contributed by atoms with Crippen LogP contribution in [-0.2, 0) is 19.9 Å². The summed E-state index contributed by atoms with van der Waals surface area (Å²) in [7, 11) is -7.45. The fourth-order valence-electron chi connectivity index (χ4n) is 3.95. The molecule has 0 saturated carbocycles. The molecule has 4 rings (SSSR count). The fourth-order valence-corrected chi connectivity index (χ4v) is 6.34. The van der Waals surface area contributed by atoms with E-state index in [1.807, 2.05) is 6.92 Å². The van der Waals surface area contributed by atoms with Crippen molar-refractivity contribution in [2.24, 2.45) is 0 Å². The van der Waals surface area contributed by atoms with Gasteiger partial charge in [0, 0.05) is 11.8 Å². The predicted molar refractivity (Wildman–Crippen MR) is 138 cm³/mol. The highest BCUT2D eigenvalue weighted by molar-refractivity contribution is 7.93. The number of rotatable bonds is 7. The van der Waals surface area contributed by atoms with E-state index in [0.717, 1.165) is 15.9 Å². The van der Waals surface area contributed by atoms with Crippen molar-refractivity contribution >= 4 is 37.5 Å². The minimum absolute atomic E-state index is 0.0466. The lowest BCUT2D eigenvalue weighted by Gasteiger charge is -2.26. The summed E-state index contributed by atoms with van der Waals surface area (Å²) in [4.78, 5) is 13.0. The van der Waals surface area contributed by atoms with E-state index >= 15 is 4.39 Å². The number of benzene rings is 3. The Morgan fingerprint density at radius 2 is 1.78 bits per heavy atom. The maximum Gasteiger partial charge on any atom is 0.268 e. The first-order valence-electron chi connectivity index (χ1n) is 11.3. The van der Waals surface area contributed by atoms with Gasteiger partial charge in [-0.2, -0.15) is 0 Å². The Morgan fingerprint density at radius 1 is 1.08 bits per heavy atom. The molecule has 0 radical (unpaired) electrons. The van der Waals surface area contributed by atoms with Crippen LogP contribution in [0.1, 0.15) is 40.0 Å². The highest BCUT2D eigenvalue weighted by Gasteiger charge is 2.30. The Balaban J connectivity index is 1.55. The molecule has 0 spiro atoms. The number of sulfone groups is 1. The summed E-state index contributed by atoms with van der Waals surface area (Å²) in [5.41, 5.74) is 1.52. The van der Waals surface area contributed by atoms with E-state index < -0.39 is 44.2 Å². The van der Waals surface area contributed by atoms with E-state index in [0.29, 0.717) is 11.1 Å². The molecule has 0 aliphatic carbocycles. The van der Waals surface area contributed by atoms with Gasteiger partial charge in [-0.3, -0.25) is 4.79 Å². The molecule has 194 valence electrons. The molecular formula is C26H25FN2O6S2. The zero-order valence-electron chi connectivity index (χ0n) is 20.0. The lowest BCUT2D eigenvalue weighted by Crippen LogP contribution is -2.31. The molecule has 2 N–H and O–H groups in total. The third-order valence-corrected chi connectivity index (χ3v) is 9.56. The maximum atomic E-state index is 15.1. The van der Waals surface area contributed by atoms with Gasteiger partial charge in [-0.15, -0.1) is 0 Å². The van der Waals surface area contributed by atoms with Crippen LogP contribution in [0.4, 0.5) is 10.1 Å². The van der Waals surface area contributed by atoms with Crippen molar-refractivity contribution in [2.45, 2.75) is 29.7 Å². The maximum absolute atomic E-state index is 15.1. The summed E-state index contributed by atoms with van der Waals surface area (Å²) in [6, 6.07) is 13.1. The number of halogens is 1. The van der Waals surface area contributed by atoms with E-state index in [2.05, 4.69) is 5.32 Å². The van der Waals surface area contributed by atoms with Crippen molar-refractivity contribution in [1.29, 1.82) is 0 Å². The Labute approximate surface area is 215 Å². The number of nitrogens with one attached hydrogen (secondary N) is 1. The second-order valence-electron chi connectivity index (χ2n) is 8.51. The smallest absolute Gasteiger partial charge is 0.268 e. The highest BCUT2D eigenvalue weighted by Crippen LogP contribution is 2.33. The first-order valence-corrected chi connectivity index (χ1v) is 14.4. The van der Waals surface area contributed by atoms with Crippen molar-refractivity contribution in [3.05, 3.63) is 94.9 Å². The van der Waals surface area contributed by atoms with Gasteiger partial charge in [0.25, 0.3) is 15.9 Å². The quantitative estimate of drug-likeness (QED) is 0.469. The van der Waals surface area contributed by atoms with Crippen LogP contribution in [-0.4, -0.2) is 40.2 Å². The van der Waals surface area contributed by atoms with E-state index in [1.165, 1.54) is 55.6 Å². The predicted octanol–water partition coefficient (Wildman–Crippen LogP) is 3.57. The van der Waals surface area contributed by atoms with Gasteiger partial charge in [0.15, 0.2) is 9.84 Å².